The smallest absolute Gasteiger partial charge is 0.0163 e. The van der Waals surface area contributed by atoms with Crippen molar-refractivity contribution in [3.8, 4) is 0 Å². The highest BCUT2D eigenvalue weighted by atomic mass is 13.9. The molecule has 0 radical (unpaired) electrons. The Morgan fingerprint density at radius 3 is 0.864 bits per heavy atom. The topological polar surface area (TPSA) is 0 Å². The van der Waals surface area contributed by atoms with Crippen molar-refractivity contribution in [3.05, 3.63) is 36.5 Å². The Balaban J connectivity index is -0.0000000908. The van der Waals surface area contributed by atoms with E-state index < -0.39 is 0 Å². The van der Waals surface area contributed by atoms with Gasteiger partial charge in [-0.05, 0) is 25.7 Å². The molecule has 0 saturated carbocycles. The van der Waals surface area contributed by atoms with Crippen molar-refractivity contribution >= 4 is 0 Å². The summed E-state index contributed by atoms with van der Waals surface area (Å²) in [7, 11) is 0. The summed E-state index contributed by atoms with van der Waals surface area (Å²) in [4.78, 5) is 0. The lowest BCUT2D eigenvalue weighted by atomic mass is 10.4. The van der Waals surface area contributed by atoms with Crippen LogP contribution in [0.1, 0.15) is 107 Å². The summed E-state index contributed by atoms with van der Waals surface area (Å²) in [6.45, 7) is 17.0. The summed E-state index contributed by atoms with van der Waals surface area (Å²) in [5.74, 6) is 0. The van der Waals surface area contributed by atoms with Crippen LogP contribution in [0, 0.1) is 0 Å². The standard InChI is InChI=1S/C5H8.C5H6.4C3H8/c2*1-2-4-5-3-1;4*1-3-2/h1-2H,3-5H2;1-4H,5H2;4*3H2,1-2H3. The molecule has 22 heavy (non-hydrogen) atoms. The van der Waals surface area contributed by atoms with Crippen LogP contribution < -0.4 is 0 Å². The van der Waals surface area contributed by atoms with Crippen LogP contribution in [0.15, 0.2) is 36.5 Å². The predicted molar refractivity (Wildman–Crippen MR) is 110 cm³/mol. The van der Waals surface area contributed by atoms with Crippen LogP contribution in [0.4, 0.5) is 0 Å². The molecule has 0 nitrogen and oxygen atoms in total. The predicted octanol–water partition coefficient (Wildman–Crippen LogP) is 8.89. The summed E-state index contributed by atoms with van der Waals surface area (Å²) in [5, 5.41) is 0. The highest BCUT2D eigenvalue weighted by Crippen LogP contribution is 2.05. The molecule has 0 unspecified atom stereocenters. The first-order valence-corrected chi connectivity index (χ1v) is 9.62. The maximum atomic E-state index is 2.24. The van der Waals surface area contributed by atoms with Crippen LogP contribution in [0.25, 0.3) is 0 Å². The molecule has 0 aromatic rings. The average Bonchev–Trinajstić information content (AvgIpc) is 3.21. The normalized spacial score (nSPS) is 12.0. The van der Waals surface area contributed by atoms with E-state index in [-0.39, 0.29) is 0 Å². The zero-order valence-corrected chi connectivity index (χ0v) is 17.1. The molecule has 0 bridgehead atoms. The Morgan fingerprint density at radius 2 is 0.773 bits per heavy atom. The Bertz CT molecular complexity index is 172. The molecule has 2 aliphatic rings. The maximum Gasteiger partial charge on any atom is -0.0163 e. The Morgan fingerprint density at radius 1 is 0.500 bits per heavy atom. The quantitative estimate of drug-likeness (QED) is 0.392. The second kappa shape index (κ2) is 42.7. The molecular formula is C22H46. The molecule has 0 atom stereocenters. The van der Waals surface area contributed by atoms with Gasteiger partial charge in [0.05, 0.1) is 0 Å². The Labute approximate surface area is 143 Å². The molecule has 0 aliphatic heterocycles. The van der Waals surface area contributed by atoms with Crippen LogP contribution in [-0.4, -0.2) is 0 Å². The SMILES string of the molecule is C1=CCC=C1.C1=CCCC1.CCC.CCC.CCC.CCC. The van der Waals surface area contributed by atoms with E-state index in [0.29, 0.717) is 0 Å². The fraction of sp³-hybridized carbons (Fsp3) is 0.727. The van der Waals surface area contributed by atoms with E-state index in [2.05, 4.69) is 91.8 Å². The van der Waals surface area contributed by atoms with Gasteiger partial charge in [-0.2, -0.15) is 0 Å². The van der Waals surface area contributed by atoms with Crippen molar-refractivity contribution in [2.24, 2.45) is 0 Å². The van der Waals surface area contributed by atoms with Crippen LogP contribution in [0.5, 0.6) is 0 Å². The summed E-state index contributed by atoms with van der Waals surface area (Å²) < 4.78 is 0. The van der Waals surface area contributed by atoms with Crippen molar-refractivity contribution in [3.63, 3.8) is 0 Å². The minimum absolute atomic E-state index is 1.14. The molecule has 0 N–H and O–H groups in total. The van der Waals surface area contributed by atoms with E-state index in [1.165, 1.54) is 44.9 Å². The van der Waals surface area contributed by atoms with Gasteiger partial charge in [-0.1, -0.05) is 118 Å². The lowest BCUT2D eigenvalue weighted by Gasteiger charge is -1.69. The monoisotopic (exact) mass is 310 g/mol. The summed E-state index contributed by atoms with van der Waals surface area (Å²) >= 11 is 0. The third-order valence-electron chi connectivity index (χ3n) is 1.56. The highest BCUT2D eigenvalue weighted by molar-refractivity contribution is 5.11. The van der Waals surface area contributed by atoms with Gasteiger partial charge in [-0.25, -0.2) is 0 Å². The van der Waals surface area contributed by atoms with Gasteiger partial charge < -0.3 is 0 Å². The minimum atomic E-state index is 1.14. The van der Waals surface area contributed by atoms with Gasteiger partial charge in [-0.3, -0.25) is 0 Å². The molecule has 0 heteroatoms. The van der Waals surface area contributed by atoms with Gasteiger partial charge in [0.15, 0.2) is 0 Å². The van der Waals surface area contributed by atoms with Crippen molar-refractivity contribution in [2.75, 3.05) is 0 Å². The molecule has 0 spiro atoms. The zero-order chi connectivity index (χ0) is 17.9. The second-order valence-corrected chi connectivity index (χ2v) is 5.32. The van der Waals surface area contributed by atoms with E-state index >= 15 is 0 Å². The van der Waals surface area contributed by atoms with E-state index in [0.717, 1.165) is 6.42 Å². The van der Waals surface area contributed by atoms with Gasteiger partial charge in [0.25, 0.3) is 0 Å². The fourth-order valence-corrected chi connectivity index (χ4v) is 0.982. The van der Waals surface area contributed by atoms with Crippen LogP contribution >= 0.6 is 0 Å². The Hall–Kier alpha value is -0.780. The van der Waals surface area contributed by atoms with Crippen LogP contribution in [-0.2, 0) is 0 Å². The Kier molecular flexibility index (Phi) is 56.8. The van der Waals surface area contributed by atoms with Crippen molar-refractivity contribution in [1.82, 2.24) is 0 Å². The zero-order valence-electron chi connectivity index (χ0n) is 17.1. The molecule has 0 amide bonds. The fourth-order valence-electron chi connectivity index (χ4n) is 0.982. The molecule has 0 heterocycles. The molecule has 134 valence electrons. The molecule has 2 rings (SSSR count). The third kappa shape index (κ3) is 75.1. The van der Waals surface area contributed by atoms with Crippen LogP contribution in [0.3, 0.4) is 0 Å². The maximum absolute atomic E-state index is 2.24. The molecule has 0 saturated heterocycles. The van der Waals surface area contributed by atoms with Gasteiger partial charge in [-0.15, -0.1) is 0 Å². The number of hydrogen-bond acceptors (Lipinski definition) is 0. The van der Waals surface area contributed by atoms with E-state index in [9.17, 15) is 0 Å². The first-order valence-electron chi connectivity index (χ1n) is 9.62. The van der Waals surface area contributed by atoms with Gasteiger partial charge in [0.2, 0.25) is 0 Å². The lowest BCUT2D eigenvalue weighted by molar-refractivity contribution is 0.929. The number of allylic oxidation sites excluding steroid dienone is 6. The van der Waals surface area contributed by atoms with Crippen molar-refractivity contribution < 1.29 is 0 Å². The highest BCUT2D eigenvalue weighted by Gasteiger charge is 1.84. The molecule has 0 fully saturated rings. The average molecular weight is 311 g/mol. The van der Waals surface area contributed by atoms with Crippen molar-refractivity contribution in [2.45, 2.75) is 107 Å². The van der Waals surface area contributed by atoms with E-state index in [1.54, 1.807) is 0 Å². The molecular weight excluding hydrogens is 264 g/mol. The molecule has 2 aliphatic carbocycles. The first-order chi connectivity index (χ1) is 10.7. The molecule has 0 aromatic carbocycles. The van der Waals surface area contributed by atoms with E-state index in [4.69, 9.17) is 0 Å². The number of rotatable bonds is 0. The lowest BCUT2D eigenvalue weighted by Crippen LogP contribution is -1.50. The second-order valence-electron chi connectivity index (χ2n) is 5.32. The van der Waals surface area contributed by atoms with Gasteiger partial charge in [0.1, 0.15) is 0 Å². The van der Waals surface area contributed by atoms with Gasteiger partial charge >= 0.3 is 0 Å². The number of hydrogen-bond donors (Lipinski definition) is 0. The third-order valence-corrected chi connectivity index (χ3v) is 1.56. The minimum Gasteiger partial charge on any atom is -0.0885 e. The molecule has 0 aromatic heterocycles. The van der Waals surface area contributed by atoms with Crippen LogP contribution in [0.2, 0.25) is 0 Å². The largest absolute Gasteiger partial charge is 0.0885 e. The summed E-state index contributed by atoms with van der Waals surface area (Å²) in [6, 6.07) is 0. The van der Waals surface area contributed by atoms with E-state index in [1.807, 2.05) is 0 Å². The van der Waals surface area contributed by atoms with Gasteiger partial charge in [0, 0.05) is 0 Å². The van der Waals surface area contributed by atoms with Crippen molar-refractivity contribution in [1.29, 1.82) is 0 Å². The summed E-state index contributed by atoms with van der Waals surface area (Å²) in [5.41, 5.74) is 0. The summed E-state index contributed by atoms with van der Waals surface area (Å²) in [6.07, 6.45) is 23.0. The first kappa shape index (κ1) is 29.3.